The second kappa shape index (κ2) is 20.8. The van der Waals surface area contributed by atoms with Crippen LogP contribution in [0.5, 0.6) is 46.0 Å². The Bertz CT molecular complexity index is 4900. The van der Waals surface area contributed by atoms with Crippen molar-refractivity contribution in [1.82, 2.24) is 0 Å². The minimum atomic E-state index is -5.85. The summed E-state index contributed by atoms with van der Waals surface area (Å²) in [5.74, 6) is -12.0. The molecule has 26 nitrogen and oxygen atoms in total. The molecule has 0 heterocycles. The van der Waals surface area contributed by atoms with Crippen LogP contribution in [0, 0.1) is 35.4 Å². The second-order valence-corrected chi connectivity index (χ2v) is 24.6. The quantitative estimate of drug-likeness (QED) is 0.0582. The third-order valence-electron chi connectivity index (χ3n) is 13.4. The monoisotopic (exact) mass is 1220 g/mol. The first-order valence-electron chi connectivity index (χ1n) is 24.0. The highest BCUT2D eigenvalue weighted by Gasteiger charge is 2.53. The molecule has 85 heavy (non-hydrogen) atoms. The molecule has 0 aliphatic heterocycles. The maximum atomic E-state index is 15.4. The number of rotatable bonds is 14. The standard InChI is InChI=1S/C55H32N8O18S4/c1-27-23-29(78-82(70,71)45-11-3-7-35-31(45)15-19-39(60-56)51(35)66)25-43(64)49(27)55(80-84(74,75)47-13-5-9-37-33(47)17-21-41(62-58)53(37)68,81-85(76,77)48-14-6-10-38-34(48)18-22-42(63-59)54(38)69)50-28(2)24-30(26-44(50)65)79-83(72,73)46-12-4-8-36-32(46)16-20-40(61-57)52(36)67/h3-26H,1-2H3,(H2-4,64,65,66,67,68,69). The highest BCUT2D eigenvalue weighted by molar-refractivity contribution is 7.88. The van der Waals surface area contributed by atoms with Gasteiger partial charge < -0.3 is 39.0 Å². The zero-order valence-electron chi connectivity index (χ0n) is 43.0. The molecule has 0 aliphatic rings. The van der Waals surface area contributed by atoms with Crippen molar-refractivity contribution in [3.8, 4) is 46.0 Å². The van der Waals surface area contributed by atoms with Gasteiger partial charge >= 0.3 is 63.2 Å². The van der Waals surface area contributed by atoms with Gasteiger partial charge in [-0.15, -0.1) is 0 Å². The van der Waals surface area contributed by atoms with E-state index < -0.39 is 178 Å². The fourth-order valence-corrected chi connectivity index (χ4v) is 14.7. The van der Waals surface area contributed by atoms with Crippen LogP contribution in [0.4, 0.5) is 22.7 Å². The molecule has 0 amide bonds. The Labute approximate surface area is 479 Å². The summed E-state index contributed by atoms with van der Waals surface area (Å²) in [5, 5.41) is 113. The van der Waals surface area contributed by atoms with E-state index >= 15 is 16.8 Å². The van der Waals surface area contributed by atoms with Gasteiger partial charge in [-0.3, -0.25) is 0 Å². The van der Waals surface area contributed by atoms with E-state index in [1.807, 2.05) is 0 Å². The molecule has 0 fully saturated rings. The van der Waals surface area contributed by atoms with E-state index in [9.17, 15) is 69.0 Å². The lowest BCUT2D eigenvalue weighted by atomic mass is 9.89. The first-order valence-corrected chi connectivity index (χ1v) is 29.7. The third-order valence-corrected chi connectivity index (χ3v) is 18.7. The van der Waals surface area contributed by atoms with Crippen molar-refractivity contribution in [2.45, 2.75) is 39.2 Å². The number of hydrogen-bond acceptors (Lipinski definition) is 22. The summed E-state index contributed by atoms with van der Waals surface area (Å²) in [6.07, 6.45) is 0. The number of benzene rings is 10. The minimum absolute atomic E-state index is 0.222. The SMILES string of the molecule is Cc1cc(OS(=O)(=O)c2cccc3c([O-])c([N+]#N)ccc23)cc(O)c1C(OS(=O)(=O)c1cccc2c([O-])c([N+]#N)ccc12)(OS(=O)(=O)c1cccc2c([O-])c([N+]#N)ccc12)c1c(C)cc(OS(=O)(=O)c2cccc3c([O-])c([N+]#N)ccc23)cc1O. The van der Waals surface area contributed by atoms with Gasteiger partial charge in [-0.1, -0.05) is 48.5 Å². The molecular formula is C55H32N8O18S4. The molecule has 10 aromatic carbocycles. The van der Waals surface area contributed by atoms with Crippen LogP contribution in [0.3, 0.4) is 0 Å². The molecule has 0 saturated heterocycles. The van der Waals surface area contributed by atoms with E-state index in [-0.39, 0.29) is 21.5 Å². The normalized spacial score (nSPS) is 12.1. The first kappa shape index (κ1) is 57.3. The molecule has 30 heteroatoms. The minimum Gasteiger partial charge on any atom is -0.867 e. The molecule has 0 radical (unpaired) electrons. The number of fused-ring (bicyclic) bond motifs is 4. The highest BCUT2D eigenvalue weighted by Crippen LogP contribution is 2.53. The van der Waals surface area contributed by atoms with Crippen LogP contribution in [0.15, 0.2) is 165 Å². The fourth-order valence-electron chi connectivity index (χ4n) is 9.82. The smallest absolute Gasteiger partial charge is 0.378 e. The molecule has 424 valence electrons. The van der Waals surface area contributed by atoms with E-state index in [1.165, 1.54) is 24.3 Å². The van der Waals surface area contributed by atoms with Crippen molar-refractivity contribution in [3.05, 3.63) is 188 Å². The van der Waals surface area contributed by atoms with Gasteiger partial charge in [-0.25, -0.2) is 8.37 Å². The van der Waals surface area contributed by atoms with Gasteiger partial charge in [0.2, 0.25) is 21.6 Å². The Balaban J connectivity index is 1.24. The lowest BCUT2D eigenvalue weighted by Crippen LogP contribution is -2.40. The number of phenols is 2. The van der Waals surface area contributed by atoms with Gasteiger partial charge in [0.05, 0.1) is 11.1 Å². The fraction of sp³-hybridized carbons (Fsp3) is 0.0545. The maximum Gasteiger partial charge on any atom is 0.378 e. The topological polar surface area (TPSA) is 419 Å². The molecule has 0 bridgehead atoms. The maximum absolute atomic E-state index is 15.4. The van der Waals surface area contributed by atoms with Crippen LogP contribution in [0.2, 0.25) is 0 Å². The Morgan fingerprint density at radius 3 is 0.882 bits per heavy atom. The Kier molecular flexibility index (Phi) is 14.0. The first-order chi connectivity index (χ1) is 40.2. The lowest BCUT2D eigenvalue weighted by Gasteiger charge is -2.36. The van der Waals surface area contributed by atoms with E-state index in [0.717, 1.165) is 123 Å². The van der Waals surface area contributed by atoms with Crippen molar-refractivity contribution >= 4 is 106 Å². The Morgan fingerprint density at radius 1 is 0.376 bits per heavy atom. The summed E-state index contributed by atoms with van der Waals surface area (Å²) in [5.41, 5.74) is -5.34. The van der Waals surface area contributed by atoms with Crippen molar-refractivity contribution in [2.24, 2.45) is 0 Å². The molecule has 0 atom stereocenters. The zero-order chi connectivity index (χ0) is 61.3. The predicted octanol–water partition coefficient (Wildman–Crippen LogP) is 9.11. The molecule has 0 aliphatic carbocycles. The highest BCUT2D eigenvalue weighted by atomic mass is 32.2. The number of aryl methyl sites for hydroxylation is 2. The molecule has 2 N–H and O–H groups in total. The van der Waals surface area contributed by atoms with Crippen LogP contribution >= 0.6 is 0 Å². The molecule has 0 spiro atoms. The zero-order valence-corrected chi connectivity index (χ0v) is 46.3. The third kappa shape index (κ3) is 9.69. The number of phenolic OH excluding ortho intramolecular Hbond substituents is 2. The summed E-state index contributed by atoms with van der Waals surface area (Å²) in [7, 11) is -21.9. The van der Waals surface area contributed by atoms with Crippen LogP contribution in [0.25, 0.3) is 63.0 Å². The number of hydrogen-bond donors (Lipinski definition) is 2. The molecule has 0 aromatic heterocycles. The van der Waals surface area contributed by atoms with E-state index in [4.69, 9.17) is 16.7 Å². The predicted molar refractivity (Wildman–Crippen MR) is 291 cm³/mol. The summed E-state index contributed by atoms with van der Waals surface area (Å²) in [6.45, 7) is 2.07. The van der Waals surface area contributed by atoms with E-state index in [1.54, 1.807) is 0 Å². The van der Waals surface area contributed by atoms with Gasteiger partial charge in [0.1, 0.15) is 42.6 Å². The molecular weight excluding hydrogens is 1190 g/mol. The van der Waals surface area contributed by atoms with Gasteiger partial charge in [-0.05, 0) is 130 Å². The van der Waals surface area contributed by atoms with Crippen LogP contribution in [-0.4, -0.2) is 43.9 Å². The summed E-state index contributed by atoms with van der Waals surface area (Å²) in [6, 6.07) is 23.8. The number of aromatic hydroxyl groups is 2. The summed E-state index contributed by atoms with van der Waals surface area (Å²) in [4.78, 5) is 8.48. The van der Waals surface area contributed by atoms with Crippen molar-refractivity contribution in [3.63, 3.8) is 0 Å². The van der Waals surface area contributed by atoms with Crippen LogP contribution in [0.1, 0.15) is 22.3 Å². The van der Waals surface area contributed by atoms with Crippen molar-refractivity contribution in [2.75, 3.05) is 0 Å². The summed E-state index contributed by atoms with van der Waals surface area (Å²) >= 11 is 0. The van der Waals surface area contributed by atoms with Crippen molar-refractivity contribution < 1.29 is 81.0 Å². The van der Waals surface area contributed by atoms with Crippen LogP contribution < -0.4 is 28.8 Å². The van der Waals surface area contributed by atoms with Crippen molar-refractivity contribution in [1.29, 1.82) is 21.6 Å². The summed E-state index contributed by atoms with van der Waals surface area (Å²) < 4.78 is 141. The molecule has 10 aromatic rings. The van der Waals surface area contributed by atoms with E-state index in [0.29, 0.717) is 12.1 Å². The second-order valence-electron chi connectivity index (χ2n) is 18.5. The van der Waals surface area contributed by atoms with Gasteiger partial charge in [0.25, 0.3) is 5.79 Å². The number of diazo groups is 4. The number of nitrogens with zero attached hydrogens (tertiary/aromatic N) is 8. The molecule has 0 unspecified atom stereocenters. The van der Waals surface area contributed by atoms with Gasteiger partial charge in [-0.2, -0.15) is 33.7 Å². The Morgan fingerprint density at radius 2 is 0.635 bits per heavy atom. The largest absolute Gasteiger partial charge is 0.867 e. The van der Waals surface area contributed by atoms with E-state index in [2.05, 4.69) is 19.9 Å². The van der Waals surface area contributed by atoms with Crippen LogP contribution in [-0.2, 0) is 54.6 Å². The molecule has 10 rings (SSSR count). The average Bonchev–Trinajstić information content (AvgIpc) is 1.14. The van der Waals surface area contributed by atoms with Gasteiger partial charge in [0.15, 0.2) is 19.9 Å². The Hall–Kier alpha value is -11.0. The molecule has 0 saturated carbocycles. The van der Waals surface area contributed by atoms with Gasteiger partial charge in [0, 0.05) is 57.9 Å². The average molecular weight is 1220 g/mol. The lowest BCUT2D eigenvalue weighted by molar-refractivity contribution is -0.265.